The van der Waals surface area contributed by atoms with E-state index in [2.05, 4.69) is 48.3 Å². The minimum Gasteiger partial charge on any atom is -0.350 e. The number of benzene rings is 1. The average Bonchev–Trinajstić information content (AvgIpc) is 2.62. The van der Waals surface area contributed by atoms with E-state index < -0.39 is 0 Å². The van der Waals surface area contributed by atoms with Gasteiger partial charge in [0.1, 0.15) is 6.54 Å². The van der Waals surface area contributed by atoms with E-state index in [4.69, 9.17) is 0 Å². The molecule has 0 radical (unpaired) electrons. The van der Waals surface area contributed by atoms with E-state index in [9.17, 15) is 9.59 Å². The van der Waals surface area contributed by atoms with Crippen LogP contribution in [0, 0.1) is 11.8 Å². The van der Waals surface area contributed by atoms with Gasteiger partial charge in [0, 0.05) is 38.4 Å². The zero-order valence-electron chi connectivity index (χ0n) is 16.2. The molecule has 2 aromatic rings. The van der Waals surface area contributed by atoms with Crippen LogP contribution in [-0.4, -0.2) is 28.5 Å². The summed E-state index contributed by atoms with van der Waals surface area (Å²) in [4.78, 5) is 26.2. The van der Waals surface area contributed by atoms with Crippen molar-refractivity contribution in [2.45, 2.75) is 39.9 Å². The molecule has 0 saturated carbocycles. The predicted octanol–water partition coefficient (Wildman–Crippen LogP) is 2.64. The number of amides is 1. The summed E-state index contributed by atoms with van der Waals surface area (Å²) < 4.78 is 1.40. The average molecular weight is 367 g/mol. The topological polar surface area (TPSA) is 54.3 Å². The molecule has 1 aliphatic heterocycles. The lowest BCUT2D eigenvalue weighted by Crippen LogP contribution is -2.38. The number of likely N-dealkylation sites (tertiary alicyclic amines) is 1. The van der Waals surface area contributed by atoms with Crippen LogP contribution in [0.25, 0.3) is 0 Å². The van der Waals surface area contributed by atoms with Crippen LogP contribution in [0.2, 0.25) is 0 Å². The van der Waals surface area contributed by atoms with Gasteiger partial charge in [0.2, 0.25) is 5.91 Å². The molecule has 1 aromatic heterocycles. The van der Waals surface area contributed by atoms with Crippen molar-refractivity contribution in [1.82, 2.24) is 14.8 Å². The lowest BCUT2D eigenvalue weighted by molar-refractivity contribution is -0.121. The molecule has 0 aliphatic carbocycles. The SMILES string of the molecule is CC1CC(C)CN(Cc2ccc(CNC(=O)Cn3ccccc3=O)cc2)C1. The van der Waals surface area contributed by atoms with Gasteiger partial charge in [-0.3, -0.25) is 14.5 Å². The monoisotopic (exact) mass is 367 g/mol. The summed E-state index contributed by atoms with van der Waals surface area (Å²) in [5, 5.41) is 2.88. The number of piperidine rings is 1. The van der Waals surface area contributed by atoms with E-state index in [1.165, 1.54) is 35.7 Å². The molecule has 27 heavy (non-hydrogen) atoms. The van der Waals surface area contributed by atoms with E-state index >= 15 is 0 Å². The molecule has 1 aliphatic rings. The lowest BCUT2D eigenvalue weighted by Gasteiger charge is -2.35. The van der Waals surface area contributed by atoms with Gasteiger partial charge in [-0.25, -0.2) is 0 Å². The molecule has 2 atom stereocenters. The molecule has 1 aromatic carbocycles. The molecule has 1 amide bonds. The lowest BCUT2D eigenvalue weighted by atomic mass is 9.91. The summed E-state index contributed by atoms with van der Waals surface area (Å²) >= 11 is 0. The summed E-state index contributed by atoms with van der Waals surface area (Å²) in [7, 11) is 0. The van der Waals surface area contributed by atoms with Crippen LogP contribution < -0.4 is 10.9 Å². The minimum atomic E-state index is -0.168. The maximum Gasteiger partial charge on any atom is 0.250 e. The number of nitrogens with zero attached hydrogens (tertiary/aromatic N) is 2. The predicted molar refractivity (Wildman–Crippen MR) is 107 cm³/mol. The van der Waals surface area contributed by atoms with E-state index in [1.807, 2.05) is 0 Å². The second-order valence-corrected chi connectivity index (χ2v) is 7.90. The fraction of sp³-hybridized carbons (Fsp3) is 0.455. The highest BCUT2D eigenvalue weighted by Crippen LogP contribution is 2.22. The van der Waals surface area contributed by atoms with Gasteiger partial charge in [0.25, 0.3) is 5.56 Å². The number of rotatable bonds is 6. The highest BCUT2D eigenvalue weighted by Gasteiger charge is 2.21. The molecule has 2 unspecified atom stereocenters. The second kappa shape index (κ2) is 9.00. The molecule has 1 N–H and O–H groups in total. The summed E-state index contributed by atoms with van der Waals surface area (Å²) in [5.41, 5.74) is 2.20. The highest BCUT2D eigenvalue weighted by atomic mass is 16.2. The third kappa shape index (κ3) is 5.79. The zero-order chi connectivity index (χ0) is 19.2. The number of carbonyl (C=O) groups is 1. The Kier molecular flexibility index (Phi) is 6.45. The van der Waals surface area contributed by atoms with Crippen molar-refractivity contribution in [1.29, 1.82) is 0 Å². The third-order valence-corrected chi connectivity index (χ3v) is 5.08. The molecule has 2 heterocycles. The van der Waals surface area contributed by atoms with Crippen LogP contribution in [0.5, 0.6) is 0 Å². The van der Waals surface area contributed by atoms with E-state index in [0.29, 0.717) is 6.54 Å². The smallest absolute Gasteiger partial charge is 0.250 e. The van der Waals surface area contributed by atoms with Crippen molar-refractivity contribution in [3.8, 4) is 0 Å². The van der Waals surface area contributed by atoms with Crippen molar-refractivity contribution in [3.05, 3.63) is 70.1 Å². The minimum absolute atomic E-state index is 0.0447. The van der Waals surface area contributed by atoms with Crippen molar-refractivity contribution < 1.29 is 4.79 Å². The first-order chi connectivity index (χ1) is 13.0. The molecule has 5 nitrogen and oxygen atoms in total. The Labute approximate surface area is 161 Å². The van der Waals surface area contributed by atoms with Gasteiger partial charge in [0.15, 0.2) is 0 Å². The molecule has 1 fully saturated rings. The largest absolute Gasteiger partial charge is 0.350 e. The van der Waals surface area contributed by atoms with Crippen molar-refractivity contribution >= 4 is 5.91 Å². The van der Waals surface area contributed by atoms with Crippen molar-refractivity contribution in [2.24, 2.45) is 11.8 Å². The number of carbonyl (C=O) groups excluding carboxylic acids is 1. The first kappa shape index (κ1) is 19.4. The number of aromatic nitrogens is 1. The maximum absolute atomic E-state index is 12.1. The van der Waals surface area contributed by atoms with Gasteiger partial charge in [-0.15, -0.1) is 0 Å². The van der Waals surface area contributed by atoms with Crippen LogP contribution in [0.15, 0.2) is 53.5 Å². The highest BCUT2D eigenvalue weighted by molar-refractivity contribution is 5.75. The quantitative estimate of drug-likeness (QED) is 0.854. The van der Waals surface area contributed by atoms with E-state index in [0.717, 1.165) is 23.9 Å². The third-order valence-electron chi connectivity index (χ3n) is 5.08. The van der Waals surface area contributed by atoms with Crippen molar-refractivity contribution in [2.75, 3.05) is 13.1 Å². The Bertz CT molecular complexity index is 803. The maximum atomic E-state index is 12.1. The summed E-state index contributed by atoms with van der Waals surface area (Å²) in [6.07, 6.45) is 2.95. The Balaban J connectivity index is 1.48. The molecular formula is C22H29N3O2. The van der Waals surface area contributed by atoms with Gasteiger partial charge in [-0.1, -0.05) is 44.2 Å². The van der Waals surface area contributed by atoms with Crippen LogP contribution in [-0.2, 0) is 24.4 Å². The van der Waals surface area contributed by atoms with E-state index in [-0.39, 0.29) is 18.0 Å². The Hall–Kier alpha value is -2.40. The molecule has 1 saturated heterocycles. The molecular weight excluding hydrogens is 338 g/mol. The Morgan fingerprint density at radius 2 is 1.70 bits per heavy atom. The van der Waals surface area contributed by atoms with Crippen LogP contribution in [0.4, 0.5) is 0 Å². The zero-order valence-corrected chi connectivity index (χ0v) is 16.2. The standard InChI is InChI=1S/C22H29N3O2/c1-17-11-18(2)14-24(13-17)15-20-8-6-19(7-9-20)12-23-21(26)16-25-10-4-3-5-22(25)27/h3-10,17-18H,11-16H2,1-2H3,(H,23,26). The number of pyridine rings is 1. The fourth-order valence-corrected chi connectivity index (χ4v) is 3.94. The second-order valence-electron chi connectivity index (χ2n) is 7.90. The molecule has 0 spiro atoms. The van der Waals surface area contributed by atoms with Gasteiger partial charge in [-0.2, -0.15) is 0 Å². The summed E-state index contributed by atoms with van der Waals surface area (Å²) in [6.45, 7) is 8.50. The van der Waals surface area contributed by atoms with E-state index in [1.54, 1.807) is 18.3 Å². The van der Waals surface area contributed by atoms with Gasteiger partial charge >= 0.3 is 0 Å². The van der Waals surface area contributed by atoms with Crippen LogP contribution >= 0.6 is 0 Å². The molecule has 144 valence electrons. The fourth-order valence-electron chi connectivity index (χ4n) is 3.94. The summed E-state index contributed by atoms with van der Waals surface area (Å²) in [5.74, 6) is 1.37. The Morgan fingerprint density at radius 1 is 1.04 bits per heavy atom. The van der Waals surface area contributed by atoms with Crippen LogP contribution in [0.1, 0.15) is 31.4 Å². The number of hydrogen-bond donors (Lipinski definition) is 1. The molecule has 3 rings (SSSR count). The van der Waals surface area contributed by atoms with Crippen LogP contribution in [0.3, 0.4) is 0 Å². The number of nitrogens with one attached hydrogen (secondary N) is 1. The molecule has 0 bridgehead atoms. The summed E-state index contributed by atoms with van der Waals surface area (Å²) in [6, 6.07) is 13.3. The van der Waals surface area contributed by atoms with Gasteiger partial charge < -0.3 is 9.88 Å². The number of hydrogen-bond acceptors (Lipinski definition) is 3. The molecule has 5 heteroatoms. The first-order valence-corrected chi connectivity index (χ1v) is 9.72. The van der Waals surface area contributed by atoms with Crippen molar-refractivity contribution in [3.63, 3.8) is 0 Å². The van der Waals surface area contributed by atoms with Gasteiger partial charge in [-0.05, 0) is 35.4 Å². The normalized spacial score (nSPS) is 20.4. The van der Waals surface area contributed by atoms with Gasteiger partial charge in [0.05, 0.1) is 0 Å². The first-order valence-electron chi connectivity index (χ1n) is 9.72. The Morgan fingerprint density at radius 3 is 2.37 bits per heavy atom.